The van der Waals surface area contributed by atoms with E-state index in [1.165, 1.54) is 16.4 Å². The molecule has 166 valence electrons. The summed E-state index contributed by atoms with van der Waals surface area (Å²) < 4.78 is 51.2. The minimum atomic E-state index is -3.84. The summed E-state index contributed by atoms with van der Waals surface area (Å²) >= 11 is 1.04. The Morgan fingerprint density at radius 3 is 2.72 bits per heavy atom. The quantitative estimate of drug-likeness (QED) is 0.602. The van der Waals surface area contributed by atoms with Crippen LogP contribution in [0.15, 0.2) is 47.4 Å². The molecule has 1 fully saturated rings. The van der Waals surface area contributed by atoms with Gasteiger partial charge in [0.25, 0.3) is 5.91 Å². The molecule has 3 heterocycles. The van der Waals surface area contributed by atoms with Crippen molar-refractivity contribution in [1.82, 2.24) is 14.5 Å². The summed E-state index contributed by atoms with van der Waals surface area (Å²) in [6.45, 7) is 0.438. The van der Waals surface area contributed by atoms with Gasteiger partial charge in [-0.15, -0.1) is 10.2 Å². The molecule has 2 aliphatic rings. The van der Waals surface area contributed by atoms with Gasteiger partial charge in [0.15, 0.2) is 11.5 Å². The zero-order chi connectivity index (χ0) is 22.3. The normalized spacial score (nSPS) is 18.1. The van der Waals surface area contributed by atoms with Gasteiger partial charge in [0, 0.05) is 18.3 Å². The van der Waals surface area contributed by atoms with Crippen LogP contribution in [0.2, 0.25) is 0 Å². The van der Waals surface area contributed by atoms with Gasteiger partial charge in [-0.1, -0.05) is 11.3 Å². The minimum Gasteiger partial charge on any atom is -0.454 e. The highest BCUT2D eigenvalue weighted by Gasteiger charge is 2.38. The number of nitrogens with one attached hydrogen (secondary N) is 1. The third-order valence-electron chi connectivity index (χ3n) is 5.17. The van der Waals surface area contributed by atoms with Gasteiger partial charge in [0.05, 0.1) is 10.9 Å². The maximum atomic E-state index is 13.2. The summed E-state index contributed by atoms with van der Waals surface area (Å²) in [6.07, 6.45) is 1.20. The third-order valence-corrected chi connectivity index (χ3v) is 8.12. The maximum Gasteiger partial charge on any atom is 0.286 e. The Labute approximate surface area is 186 Å². The Bertz CT molecular complexity index is 1280. The molecule has 3 aromatic rings. The first-order valence-electron chi connectivity index (χ1n) is 9.73. The van der Waals surface area contributed by atoms with Crippen LogP contribution in [0.4, 0.5) is 10.1 Å². The summed E-state index contributed by atoms with van der Waals surface area (Å²) in [7, 11) is -3.84. The fraction of sp³-hybridized carbons (Fsp3) is 0.250. The Morgan fingerprint density at radius 1 is 1.12 bits per heavy atom. The van der Waals surface area contributed by atoms with Gasteiger partial charge in [-0.05, 0) is 49.2 Å². The Morgan fingerprint density at radius 2 is 1.91 bits per heavy atom. The first-order valence-corrected chi connectivity index (χ1v) is 12.0. The highest BCUT2D eigenvalue weighted by atomic mass is 32.2. The number of rotatable bonds is 5. The molecule has 0 aliphatic carbocycles. The number of benzene rings is 2. The summed E-state index contributed by atoms with van der Waals surface area (Å²) in [5.74, 6) is 0.168. The van der Waals surface area contributed by atoms with Crippen molar-refractivity contribution < 1.29 is 27.1 Å². The molecule has 9 nitrogen and oxygen atoms in total. The predicted octanol–water partition coefficient (Wildman–Crippen LogP) is 3.18. The molecule has 0 saturated carbocycles. The van der Waals surface area contributed by atoms with Gasteiger partial charge < -0.3 is 14.8 Å². The molecule has 2 aliphatic heterocycles. The third kappa shape index (κ3) is 3.80. The second-order valence-corrected chi connectivity index (χ2v) is 10.1. The lowest BCUT2D eigenvalue weighted by Crippen LogP contribution is -2.30. The number of fused-ring (bicyclic) bond motifs is 1. The number of sulfonamides is 1. The number of nitrogens with zero attached hydrogens (tertiary/aromatic N) is 3. The topological polar surface area (TPSA) is 111 Å². The van der Waals surface area contributed by atoms with E-state index < -0.39 is 27.8 Å². The number of ether oxygens (including phenoxy) is 2. The van der Waals surface area contributed by atoms with Crippen molar-refractivity contribution in [2.75, 3.05) is 18.7 Å². The smallest absolute Gasteiger partial charge is 0.286 e. The van der Waals surface area contributed by atoms with Crippen molar-refractivity contribution in [1.29, 1.82) is 0 Å². The van der Waals surface area contributed by atoms with Crippen LogP contribution in [0.3, 0.4) is 0 Å². The highest BCUT2D eigenvalue weighted by molar-refractivity contribution is 7.89. The Kier molecular flexibility index (Phi) is 5.27. The standard InChI is InChI=1S/C20H17FN4O5S2/c21-12-3-6-14(7-4-12)32(27,28)25-9-1-2-15(25)19-23-24-20(31-19)18(26)22-13-5-8-16-17(10-13)30-11-29-16/h3-8,10,15H,1-2,9,11H2,(H,22,26). The fourth-order valence-corrected chi connectivity index (χ4v) is 6.25. The molecule has 1 N–H and O–H groups in total. The van der Waals surface area contributed by atoms with E-state index in [1.54, 1.807) is 18.2 Å². The van der Waals surface area contributed by atoms with Crippen LogP contribution in [0.25, 0.3) is 0 Å². The van der Waals surface area contributed by atoms with Crippen LogP contribution in [0.5, 0.6) is 11.5 Å². The van der Waals surface area contributed by atoms with E-state index >= 15 is 0 Å². The summed E-state index contributed by atoms with van der Waals surface area (Å²) in [6, 6.07) is 9.20. The van der Waals surface area contributed by atoms with E-state index in [0.717, 1.165) is 23.5 Å². The average Bonchev–Trinajstić information content (AvgIpc) is 3.53. The fourth-order valence-electron chi connectivity index (χ4n) is 3.64. The van der Waals surface area contributed by atoms with Crippen LogP contribution in [-0.2, 0) is 10.0 Å². The molecule has 0 spiro atoms. The minimum absolute atomic E-state index is 0.0103. The van der Waals surface area contributed by atoms with Crippen molar-refractivity contribution in [2.45, 2.75) is 23.8 Å². The molecule has 2 aromatic carbocycles. The van der Waals surface area contributed by atoms with Gasteiger partial charge in [-0.2, -0.15) is 4.31 Å². The second kappa shape index (κ2) is 8.11. The van der Waals surface area contributed by atoms with E-state index in [0.29, 0.717) is 41.6 Å². The van der Waals surface area contributed by atoms with Crippen LogP contribution in [-0.4, -0.2) is 42.2 Å². The Hall–Kier alpha value is -3.09. The van der Waals surface area contributed by atoms with Crippen molar-refractivity contribution in [2.24, 2.45) is 0 Å². The van der Waals surface area contributed by atoms with E-state index in [1.807, 2.05) is 0 Å². The summed E-state index contributed by atoms with van der Waals surface area (Å²) in [5, 5.41) is 11.3. The lowest BCUT2D eigenvalue weighted by atomic mass is 10.2. The van der Waals surface area contributed by atoms with Gasteiger partial charge in [-0.25, -0.2) is 12.8 Å². The molecule has 1 unspecified atom stereocenters. The molecule has 0 radical (unpaired) electrons. The first-order chi connectivity index (χ1) is 15.4. The van der Waals surface area contributed by atoms with E-state index in [4.69, 9.17) is 9.47 Å². The largest absolute Gasteiger partial charge is 0.454 e. The first kappa shape index (κ1) is 20.8. The number of hydrogen-bond acceptors (Lipinski definition) is 8. The zero-order valence-electron chi connectivity index (χ0n) is 16.5. The predicted molar refractivity (Wildman–Crippen MR) is 113 cm³/mol. The summed E-state index contributed by atoms with van der Waals surface area (Å²) in [4.78, 5) is 12.6. The molecular formula is C20H17FN4O5S2. The molecule has 12 heteroatoms. The highest BCUT2D eigenvalue weighted by Crippen LogP contribution is 2.38. The van der Waals surface area contributed by atoms with Crippen LogP contribution in [0, 0.1) is 5.82 Å². The van der Waals surface area contributed by atoms with Gasteiger partial charge >= 0.3 is 0 Å². The molecule has 0 bridgehead atoms. The number of carbonyl (C=O) groups excluding carboxylic acids is 1. The van der Waals surface area contributed by atoms with Crippen LogP contribution in [0.1, 0.15) is 33.7 Å². The van der Waals surface area contributed by atoms with Gasteiger partial charge in [-0.3, -0.25) is 4.79 Å². The molecular weight excluding hydrogens is 459 g/mol. The number of hydrogen-bond donors (Lipinski definition) is 1. The van der Waals surface area contributed by atoms with Crippen molar-refractivity contribution >= 4 is 33.0 Å². The molecule has 1 amide bonds. The van der Waals surface area contributed by atoms with E-state index in [2.05, 4.69) is 15.5 Å². The van der Waals surface area contributed by atoms with Crippen LogP contribution < -0.4 is 14.8 Å². The van der Waals surface area contributed by atoms with Crippen LogP contribution >= 0.6 is 11.3 Å². The maximum absolute atomic E-state index is 13.2. The van der Waals surface area contributed by atoms with E-state index in [-0.39, 0.29) is 16.7 Å². The Balaban J connectivity index is 1.34. The second-order valence-electron chi connectivity index (χ2n) is 7.20. The van der Waals surface area contributed by atoms with Crippen molar-refractivity contribution in [3.05, 3.63) is 58.3 Å². The van der Waals surface area contributed by atoms with Crippen molar-refractivity contribution in [3.63, 3.8) is 0 Å². The van der Waals surface area contributed by atoms with Crippen molar-refractivity contribution in [3.8, 4) is 11.5 Å². The number of anilines is 1. The molecule has 1 aromatic heterocycles. The number of carbonyl (C=O) groups is 1. The SMILES string of the molecule is O=C(Nc1ccc2c(c1)OCO2)c1nnc(C2CCCN2S(=O)(=O)c2ccc(F)cc2)s1. The molecule has 1 saturated heterocycles. The lowest BCUT2D eigenvalue weighted by Gasteiger charge is -2.22. The monoisotopic (exact) mass is 476 g/mol. The van der Waals surface area contributed by atoms with E-state index in [9.17, 15) is 17.6 Å². The number of aromatic nitrogens is 2. The zero-order valence-corrected chi connectivity index (χ0v) is 18.2. The molecule has 32 heavy (non-hydrogen) atoms. The lowest BCUT2D eigenvalue weighted by molar-refractivity contribution is 0.102. The molecule has 5 rings (SSSR count). The number of halogens is 1. The number of amides is 1. The van der Waals surface area contributed by atoms with Gasteiger partial charge in [0.2, 0.25) is 21.8 Å². The molecule has 1 atom stereocenters. The van der Waals surface area contributed by atoms with Gasteiger partial charge in [0.1, 0.15) is 10.8 Å². The summed E-state index contributed by atoms with van der Waals surface area (Å²) in [5.41, 5.74) is 0.511. The average molecular weight is 477 g/mol.